The minimum Gasteiger partial charge on any atom is -0.481 e. The number of carboxylic acids is 1. The van der Waals surface area contributed by atoms with Gasteiger partial charge in [-0.1, -0.05) is 6.07 Å². The molecule has 2 rings (SSSR count). The lowest BCUT2D eigenvalue weighted by Crippen LogP contribution is -2.33. The molecule has 20 heavy (non-hydrogen) atoms. The van der Waals surface area contributed by atoms with Crippen LogP contribution in [0.1, 0.15) is 24.8 Å². The van der Waals surface area contributed by atoms with E-state index in [0.29, 0.717) is 19.5 Å². The number of hydrogen-bond donors (Lipinski definition) is 1. The summed E-state index contributed by atoms with van der Waals surface area (Å²) in [5, 5.41) is 8.92. The number of carbonyl (C=O) groups excluding carboxylic acids is 1. The molecule has 0 aromatic carbocycles. The molecule has 7 heteroatoms. The number of nitrogens with zero attached hydrogens (tertiary/aromatic N) is 2. The van der Waals surface area contributed by atoms with E-state index in [1.165, 1.54) is 0 Å². The largest absolute Gasteiger partial charge is 0.481 e. The topological polar surface area (TPSA) is 70.5 Å². The van der Waals surface area contributed by atoms with Gasteiger partial charge >= 0.3 is 5.97 Å². The van der Waals surface area contributed by atoms with Crippen LogP contribution in [0.25, 0.3) is 0 Å². The molecule has 1 N–H and O–H groups in total. The van der Waals surface area contributed by atoms with E-state index in [0.717, 1.165) is 5.56 Å². The summed E-state index contributed by atoms with van der Waals surface area (Å²) in [6.07, 6.45) is 3.88. The highest BCUT2D eigenvalue weighted by Gasteiger charge is 2.32. The lowest BCUT2D eigenvalue weighted by molar-refractivity contribution is -0.141. The molecule has 1 aromatic rings. The molecule has 2 atom stereocenters. The molecule has 0 radical (unpaired) electrons. The Morgan fingerprint density at radius 2 is 2.15 bits per heavy atom. The summed E-state index contributed by atoms with van der Waals surface area (Å²) < 4.78 is 0. The Morgan fingerprint density at radius 3 is 2.65 bits per heavy atom. The Labute approximate surface area is 130 Å². The highest BCUT2D eigenvalue weighted by Crippen LogP contribution is 2.22. The molecule has 0 saturated carbocycles. The van der Waals surface area contributed by atoms with Crippen molar-refractivity contribution in [3.05, 3.63) is 30.1 Å². The van der Waals surface area contributed by atoms with E-state index in [1.54, 1.807) is 23.4 Å². The molecule has 5 nitrogen and oxygen atoms in total. The van der Waals surface area contributed by atoms with Crippen molar-refractivity contribution in [3.63, 3.8) is 0 Å². The summed E-state index contributed by atoms with van der Waals surface area (Å²) in [5.41, 5.74) is 0.862. The van der Waals surface area contributed by atoms with Crippen molar-refractivity contribution >= 4 is 36.7 Å². The number of hydrogen-bond acceptors (Lipinski definition) is 3. The van der Waals surface area contributed by atoms with Crippen LogP contribution in [0.2, 0.25) is 0 Å². The van der Waals surface area contributed by atoms with Gasteiger partial charge in [0.1, 0.15) is 0 Å². The molecule has 0 spiro atoms. The summed E-state index contributed by atoms with van der Waals surface area (Å²) in [4.78, 5) is 28.7. The zero-order chi connectivity index (χ0) is 13.1. The molecular formula is C13H18Cl2N2O3. The van der Waals surface area contributed by atoms with E-state index in [1.807, 2.05) is 13.0 Å². The fourth-order valence-electron chi connectivity index (χ4n) is 2.21. The van der Waals surface area contributed by atoms with E-state index in [4.69, 9.17) is 5.11 Å². The third-order valence-corrected chi connectivity index (χ3v) is 3.40. The molecule has 1 aromatic heterocycles. The second-order valence-corrected chi connectivity index (χ2v) is 4.62. The predicted octanol–water partition coefficient (Wildman–Crippen LogP) is 1.96. The first kappa shape index (κ1) is 18.7. The number of carbonyl (C=O) groups is 2. The minimum absolute atomic E-state index is 0. The fraction of sp³-hybridized carbons (Fsp3) is 0.462. The molecule has 2 unspecified atom stereocenters. The monoisotopic (exact) mass is 320 g/mol. The van der Waals surface area contributed by atoms with Crippen LogP contribution in [-0.2, 0) is 9.59 Å². The number of amides is 1. The maximum absolute atomic E-state index is 12.2. The number of rotatable bonds is 3. The number of halogens is 2. The Hall–Kier alpha value is -1.33. The van der Waals surface area contributed by atoms with Gasteiger partial charge in [0.05, 0.1) is 11.8 Å². The van der Waals surface area contributed by atoms with Crippen molar-refractivity contribution in [1.29, 1.82) is 0 Å². The highest BCUT2D eigenvalue weighted by atomic mass is 35.5. The maximum atomic E-state index is 12.2. The van der Waals surface area contributed by atoms with E-state index in [9.17, 15) is 9.59 Å². The molecule has 1 aliphatic heterocycles. The molecule has 1 fully saturated rings. The van der Waals surface area contributed by atoms with Crippen LogP contribution in [-0.4, -0.2) is 40.0 Å². The zero-order valence-electron chi connectivity index (χ0n) is 11.1. The van der Waals surface area contributed by atoms with Gasteiger partial charge in [0.25, 0.3) is 0 Å². The lowest BCUT2D eigenvalue weighted by Gasteiger charge is -2.20. The van der Waals surface area contributed by atoms with Gasteiger partial charge in [0.15, 0.2) is 0 Å². The van der Waals surface area contributed by atoms with Gasteiger partial charge in [0, 0.05) is 25.5 Å². The van der Waals surface area contributed by atoms with Crippen molar-refractivity contribution < 1.29 is 14.7 Å². The summed E-state index contributed by atoms with van der Waals surface area (Å²) in [6, 6.07) is 3.66. The van der Waals surface area contributed by atoms with Gasteiger partial charge in [-0.15, -0.1) is 24.8 Å². The second kappa shape index (κ2) is 8.07. The van der Waals surface area contributed by atoms with E-state index >= 15 is 0 Å². The molecule has 1 aliphatic rings. The third kappa shape index (κ3) is 4.08. The van der Waals surface area contributed by atoms with Gasteiger partial charge in [-0.3, -0.25) is 14.6 Å². The Kier molecular flexibility index (Phi) is 7.53. The Bertz CT molecular complexity index is 456. The molecular weight excluding hydrogens is 303 g/mol. The lowest BCUT2D eigenvalue weighted by atomic mass is 10.0. The molecule has 1 amide bonds. The minimum atomic E-state index is -0.820. The molecule has 0 bridgehead atoms. The van der Waals surface area contributed by atoms with Crippen LogP contribution < -0.4 is 0 Å². The standard InChI is InChI=1S/C13H16N2O3.2ClH/c1-9(10-3-2-5-14-7-10)12(16)15-6-4-11(8-15)13(17)18;;/h2-3,5,7,9,11H,4,6,8H2,1H3,(H,17,18);2*1H. The predicted molar refractivity (Wildman–Crippen MR) is 79.5 cm³/mol. The second-order valence-electron chi connectivity index (χ2n) is 4.62. The van der Waals surface area contributed by atoms with Gasteiger partial charge in [-0.2, -0.15) is 0 Å². The van der Waals surface area contributed by atoms with Crippen LogP contribution in [0.5, 0.6) is 0 Å². The van der Waals surface area contributed by atoms with E-state index < -0.39 is 11.9 Å². The molecule has 1 saturated heterocycles. The van der Waals surface area contributed by atoms with Gasteiger partial charge < -0.3 is 10.0 Å². The van der Waals surface area contributed by atoms with Crippen molar-refractivity contribution in [1.82, 2.24) is 9.88 Å². The van der Waals surface area contributed by atoms with Crippen molar-refractivity contribution in [2.24, 2.45) is 5.92 Å². The normalized spacial score (nSPS) is 18.6. The molecule has 2 heterocycles. The van der Waals surface area contributed by atoms with Gasteiger partial charge in [-0.25, -0.2) is 0 Å². The third-order valence-electron chi connectivity index (χ3n) is 3.40. The first-order valence-electron chi connectivity index (χ1n) is 6.01. The smallest absolute Gasteiger partial charge is 0.308 e. The van der Waals surface area contributed by atoms with Gasteiger partial charge in [0.2, 0.25) is 5.91 Å². The van der Waals surface area contributed by atoms with Crippen LogP contribution >= 0.6 is 24.8 Å². The van der Waals surface area contributed by atoms with Crippen LogP contribution in [0.3, 0.4) is 0 Å². The first-order valence-corrected chi connectivity index (χ1v) is 6.01. The summed E-state index contributed by atoms with van der Waals surface area (Å²) in [6.45, 7) is 2.67. The quantitative estimate of drug-likeness (QED) is 0.924. The SMILES string of the molecule is CC(C(=O)N1CCC(C(=O)O)C1)c1cccnc1.Cl.Cl. The highest BCUT2D eigenvalue weighted by molar-refractivity contribution is 5.86. The Balaban J connectivity index is 0.00000180. The molecule has 0 aliphatic carbocycles. The molecule has 112 valence electrons. The number of aromatic nitrogens is 1. The first-order chi connectivity index (χ1) is 8.59. The number of likely N-dealkylation sites (tertiary alicyclic amines) is 1. The number of carboxylic acid groups (broad SMARTS) is 1. The van der Waals surface area contributed by atoms with Crippen LogP contribution in [0.4, 0.5) is 0 Å². The zero-order valence-corrected chi connectivity index (χ0v) is 12.7. The van der Waals surface area contributed by atoms with Crippen molar-refractivity contribution in [2.45, 2.75) is 19.3 Å². The van der Waals surface area contributed by atoms with Crippen molar-refractivity contribution in [3.8, 4) is 0 Å². The summed E-state index contributed by atoms with van der Waals surface area (Å²) in [7, 11) is 0. The van der Waals surface area contributed by atoms with Crippen LogP contribution in [0, 0.1) is 5.92 Å². The van der Waals surface area contributed by atoms with Crippen molar-refractivity contribution in [2.75, 3.05) is 13.1 Å². The number of aliphatic carboxylic acids is 1. The van der Waals surface area contributed by atoms with E-state index in [2.05, 4.69) is 4.98 Å². The number of pyridine rings is 1. The fourth-order valence-corrected chi connectivity index (χ4v) is 2.21. The Morgan fingerprint density at radius 1 is 1.45 bits per heavy atom. The summed E-state index contributed by atoms with van der Waals surface area (Å²) in [5.74, 6) is -1.53. The maximum Gasteiger partial charge on any atom is 0.308 e. The van der Waals surface area contributed by atoms with Gasteiger partial charge in [-0.05, 0) is 25.0 Å². The summed E-state index contributed by atoms with van der Waals surface area (Å²) >= 11 is 0. The van der Waals surface area contributed by atoms with E-state index in [-0.39, 0.29) is 36.6 Å². The average molecular weight is 321 g/mol. The average Bonchev–Trinajstić information content (AvgIpc) is 2.88. The van der Waals surface area contributed by atoms with Crippen LogP contribution in [0.15, 0.2) is 24.5 Å².